The summed E-state index contributed by atoms with van der Waals surface area (Å²) in [6.07, 6.45) is 5.66. The summed E-state index contributed by atoms with van der Waals surface area (Å²) >= 11 is 0. The van der Waals surface area contributed by atoms with Gasteiger partial charge in [0.1, 0.15) is 0 Å². The van der Waals surface area contributed by atoms with Crippen molar-refractivity contribution in [1.29, 1.82) is 0 Å². The van der Waals surface area contributed by atoms with Crippen molar-refractivity contribution in [3.63, 3.8) is 0 Å². The van der Waals surface area contributed by atoms with Crippen molar-refractivity contribution < 1.29 is 4.79 Å². The van der Waals surface area contributed by atoms with Crippen LogP contribution in [0.1, 0.15) is 39.9 Å². The summed E-state index contributed by atoms with van der Waals surface area (Å²) in [5.74, 6) is 0.889. The number of allylic oxidation sites excluding steroid dienone is 2. The first-order valence-electron chi connectivity index (χ1n) is 9.52. The number of carbonyl (C=O) groups is 1. The van der Waals surface area contributed by atoms with Crippen LogP contribution in [0, 0.1) is 5.92 Å². The molecule has 1 N–H and O–H groups in total. The normalized spacial score (nSPS) is 22.6. The molecule has 1 aliphatic heterocycles. The van der Waals surface area contributed by atoms with E-state index in [1.54, 1.807) is 19.0 Å². The van der Waals surface area contributed by atoms with Gasteiger partial charge in [-0.3, -0.25) is 4.79 Å². The minimum absolute atomic E-state index is 0.0534. The molecule has 27 heavy (non-hydrogen) atoms. The third-order valence-electron chi connectivity index (χ3n) is 5.78. The van der Waals surface area contributed by atoms with E-state index in [1.807, 2.05) is 6.07 Å². The Bertz CT molecular complexity index is 883. The van der Waals surface area contributed by atoms with E-state index in [-0.39, 0.29) is 11.9 Å². The molecule has 2 aromatic carbocycles. The van der Waals surface area contributed by atoms with Gasteiger partial charge in [-0.05, 0) is 53.8 Å². The second kappa shape index (κ2) is 6.76. The number of hydrogen-bond acceptors (Lipinski definition) is 3. The van der Waals surface area contributed by atoms with Gasteiger partial charge in [-0.1, -0.05) is 24.3 Å². The van der Waals surface area contributed by atoms with Gasteiger partial charge < -0.3 is 15.1 Å². The highest BCUT2D eigenvalue weighted by Crippen LogP contribution is 2.50. The predicted molar refractivity (Wildman–Crippen MR) is 112 cm³/mol. The lowest BCUT2D eigenvalue weighted by atomic mass is 9.76. The van der Waals surface area contributed by atoms with E-state index < -0.39 is 0 Å². The van der Waals surface area contributed by atoms with Crippen LogP contribution in [0.5, 0.6) is 0 Å². The lowest BCUT2D eigenvalue weighted by Crippen LogP contribution is -2.30. The molecule has 1 amide bonds. The topological polar surface area (TPSA) is 35.6 Å². The summed E-state index contributed by atoms with van der Waals surface area (Å²) in [4.78, 5) is 16.1. The summed E-state index contributed by atoms with van der Waals surface area (Å²) in [7, 11) is 7.72. The van der Waals surface area contributed by atoms with Gasteiger partial charge in [-0.2, -0.15) is 0 Å². The second-order valence-electron chi connectivity index (χ2n) is 7.96. The lowest BCUT2D eigenvalue weighted by Gasteiger charge is -2.38. The van der Waals surface area contributed by atoms with Crippen LogP contribution in [-0.2, 0) is 0 Å². The van der Waals surface area contributed by atoms with E-state index >= 15 is 0 Å². The number of amides is 1. The minimum Gasteiger partial charge on any atom is -0.378 e. The summed E-state index contributed by atoms with van der Waals surface area (Å²) in [6.45, 7) is 0. The third-order valence-corrected chi connectivity index (χ3v) is 5.78. The van der Waals surface area contributed by atoms with E-state index in [4.69, 9.17) is 0 Å². The van der Waals surface area contributed by atoms with Crippen molar-refractivity contribution in [2.45, 2.75) is 18.4 Å². The molecule has 0 fully saturated rings. The van der Waals surface area contributed by atoms with Crippen LogP contribution in [0.25, 0.3) is 0 Å². The highest BCUT2D eigenvalue weighted by Gasteiger charge is 2.38. The Kier molecular flexibility index (Phi) is 4.42. The molecule has 0 saturated carbocycles. The quantitative estimate of drug-likeness (QED) is 0.829. The molecular weight excluding hydrogens is 334 g/mol. The van der Waals surface area contributed by atoms with Gasteiger partial charge in [0.15, 0.2) is 0 Å². The van der Waals surface area contributed by atoms with Crippen molar-refractivity contribution >= 4 is 17.3 Å². The number of carbonyl (C=O) groups excluding carboxylic acids is 1. The number of hydrogen-bond donors (Lipinski definition) is 1. The maximum atomic E-state index is 12.4. The molecule has 2 aliphatic rings. The van der Waals surface area contributed by atoms with E-state index in [0.717, 1.165) is 17.7 Å². The molecule has 0 aromatic heterocycles. The van der Waals surface area contributed by atoms with Crippen molar-refractivity contribution in [2.24, 2.45) is 5.92 Å². The zero-order valence-electron chi connectivity index (χ0n) is 16.4. The standard InChI is InChI=1S/C23H27N3O/c1-25(2)17-11-8-15(9-12-17)22-19-7-5-6-18(19)20-14-16(23(27)26(3)4)10-13-21(20)24-22/h5-6,8-14,18-19,22,24H,7H2,1-4H3. The van der Waals surface area contributed by atoms with Gasteiger partial charge in [-0.15, -0.1) is 0 Å². The van der Waals surface area contributed by atoms with Crippen LogP contribution in [-0.4, -0.2) is 39.0 Å². The van der Waals surface area contributed by atoms with Gasteiger partial charge in [0, 0.05) is 51.0 Å². The summed E-state index contributed by atoms with van der Waals surface area (Å²) in [5.41, 5.74) is 5.66. The zero-order valence-corrected chi connectivity index (χ0v) is 16.4. The van der Waals surface area contributed by atoms with Crippen molar-refractivity contribution in [3.8, 4) is 0 Å². The molecule has 3 atom stereocenters. The summed E-state index contributed by atoms with van der Waals surface area (Å²) in [6, 6.07) is 15.2. The van der Waals surface area contributed by atoms with Crippen LogP contribution >= 0.6 is 0 Å². The van der Waals surface area contributed by atoms with Crippen molar-refractivity contribution in [2.75, 3.05) is 38.4 Å². The van der Waals surface area contributed by atoms with Crippen molar-refractivity contribution in [1.82, 2.24) is 4.90 Å². The fourth-order valence-electron chi connectivity index (χ4n) is 4.30. The molecule has 1 aliphatic carbocycles. The monoisotopic (exact) mass is 361 g/mol. The highest BCUT2D eigenvalue weighted by atomic mass is 16.2. The van der Waals surface area contributed by atoms with E-state index in [0.29, 0.717) is 11.8 Å². The largest absolute Gasteiger partial charge is 0.378 e. The lowest BCUT2D eigenvalue weighted by molar-refractivity contribution is 0.0827. The fraction of sp³-hybridized carbons (Fsp3) is 0.348. The number of fused-ring (bicyclic) bond motifs is 3. The molecule has 4 rings (SSSR count). The van der Waals surface area contributed by atoms with Crippen molar-refractivity contribution in [3.05, 3.63) is 71.3 Å². The third kappa shape index (κ3) is 3.09. The van der Waals surface area contributed by atoms with E-state index in [1.165, 1.54) is 16.8 Å². The molecule has 0 spiro atoms. The Balaban J connectivity index is 1.69. The maximum Gasteiger partial charge on any atom is 0.253 e. The van der Waals surface area contributed by atoms with Gasteiger partial charge in [0.2, 0.25) is 0 Å². The molecule has 1 heterocycles. The predicted octanol–water partition coefficient (Wildman–Crippen LogP) is 4.28. The first-order valence-corrected chi connectivity index (χ1v) is 9.52. The average Bonchev–Trinajstić information content (AvgIpc) is 3.16. The summed E-state index contributed by atoms with van der Waals surface area (Å²) < 4.78 is 0. The maximum absolute atomic E-state index is 12.4. The number of anilines is 2. The summed E-state index contributed by atoms with van der Waals surface area (Å²) in [5, 5.41) is 3.75. The van der Waals surface area contributed by atoms with E-state index in [9.17, 15) is 4.79 Å². The molecule has 0 bridgehead atoms. The molecule has 4 nitrogen and oxygen atoms in total. The Morgan fingerprint density at radius 2 is 1.78 bits per heavy atom. The zero-order chi connectivity index (χ0) is 19.1. The minimum atomic E-state index is 0.0534. The number of rotatable bonds is 3. The van der Waals surface area contributed by atoms with Crippen LogP contribution in [0.15, 0.2) is 54.6 Å². The smallest absolute Gasteiger partial charge is 0.253 e. The molecule has 0 saturated heterocycles. The number of nitrogens with zero attached hydrogens (tertiary/aromatic N) is 2. The van der Waals surface area contributed by atoms with Crippen LogP contribution in [0.4, 0.5) is 11.4 Å². The second-order valence-corrected chi connectivity index (χ2v) is 7.96. The first-order chi connectivity index (χ1) is 13.0. The van der Waals surface area contributed by atoms with E-state index in [2.05, 4.69) is 72.9 Å². The van der Waals surface area contributed by atoms with Crippen LogP contribution < -0.4 is 10.2 Å². The van der Waals surface area contributed by atoms with Gasteiger partial charge in [0.25, 0.3) is 5.91 Å². The Hall–Kier alpha value is -2.75. The van der Waals surface area contributed by atoms with Crippen LogP contribution in [0.2, 0.25) is 0 Å². The fourth-order valence-corrected chi connectivity index (χ4v) is 4.30. The SMILES string of the molecule is CN(C)C(=O)c1ccc2c(c1)C1C=CCC1C(c1ccc(N(C)C)cc1)N2. The number of nitrogens with one attached hydrogen (secondary N) is 1. The van der Waals surface area contributed by atoms with Crippen LogP contribution in [0.3, 0.4) is 0 Å². The molecule has 140 valence electrons. The molecular formula is C23H27N3O. The average molecular weight is 361 g/mol. The highest BCUT2D eigenvalue weighted by molar-refractivity contribution is 5.94. The molecule has 0 radical (unpaired) electrons. The molecule has 2 aromatic rings. The Morgan fingerprint density at radius 1 is 1.04 bits per heavy atom. The van der Waals surface area contributed by atoms with Gasteiger partial charge in [0.05, 0.1) is 6.04 Å². The first kappa shape index (κ1) is 17.7. The molecule has 3 unspecified atom stereocenters. The number of benzene rings is 2. The Morgan fingerprint density at radius 3 is 2.44 bits per heavy atom. The van der Waals surface area contributed by atoms with Gasteiger partial charge in [-0.25, -0.2) is 0 Å². The Labute approximate surface area is 161 Å². The van der Waals surface area contributed by atoms with Gasteiger partial charge >= 0.3 is 0 Å². The molecule has 4 heteroatoms.